The Morgan fingerprint density at radius 3 is 2.25 bits per heavy atom. The van der Waals surface area contributed by atoms with E-state index < -0.39 is 30.4 Å². The van der Waals surface area contributed by atoms with Crippen molar-refractivity contribution in [3.8, 4) is 0 Å². The molecule has 4 N–H and O–H groups in total. The summed E-state index contributed by atoms with van der Waals surface area (Å²) in [6.45, 7) is -0.539. The number of carbonyl (C=O) groups excluding carboxylic acids is 4. The first-order valence-electron chi connectivity index (χ1n) is 9.67. The van der Waals surface area contributed by atoms with Gasteiger partial charge in [-0.1, -0.05) is 48.5 Å². The fourth-order valence-corrected chi connectivity index (χ4v) is 3.71. The van der Waals surface area contributed by atoms with Crippen LogP contribution in [0.1, 0.15) is 38.7 Å². The molecule has 3 amide bonds. The first kappa shape index (κ1) is 22.7. The van der Waals surface area contributed by atoms with Gasteiger partial charge in [0, 0.05) is 5.56 Å². The molecule has 0 bridgehead atoms. The standard InChI is InChI=1S/C23H21N3O5S/c24-21(29)17-11-12-32-23(17)26-19(27)14-31-20(28)13-18(15-7-3-1-4-8-15)25-22(30)16-9-5-2-6-10-16/h1-12,18H,13-14H2,(H2,24,29)(H,25,30)(H,26,27). The second kappa shape index (κ2) is 10.9. The van der Waals surface area contributed by atoms with Gasteiger partial charge in [0.1, 0.15) is 5.00 Å². The number of anilines is 1. The molecule has 1 atom stereocenters. The minimum Gasteiger partial charge on any atom is -0.455 e. The smallest absolute Gasteiger partial charge is 0.308 e. The number of hydrogen-bond donors (Lipinski definition) is 3. The lowest BCUT2D eigenvalue weighted by atomic mass is 10.0. The van der Waals surface area contributed by atoms with Crippen LogP contribution >= 0.6 is 11.3 Å². The number of primary amides is 1. The van der Waals surface area contributed by atoms with Crippen molar-refractivity contribution < 1.29 is 23.9 Å². The number of esters is 1. The summed E-state index contributed by atoms with van der Waals surface area (Å²) in [5.41, 5.74) is 6.61. The van der Waals surface area contributed by atoms with E-state index in [1.807, 2.05) is 6.07 Å². The number of amides is 3. The molecule has 3 rings (SSSR count). The highest BCUT2D eigenvalue weighted by atomic mass is 32.1. The van der Waals surface area contributed by atoms with Gasteiger partial charge in [0.25, 0.3) is 17.7 Å². The fraction of sp³-hybridized carbons (Fsp3) is 0.130. The zero-order valence-corrected chi connectivity index (χ0v) is 17.8. The molecule has 0 spiro atoms. The quantitative estimate of drug-likeness (QED) is 0.431. The Morgan fingerprint density at radius 1 is 0.938 bits per heavy atom. The van der Waals surface area contributed by atoms with Crippen LogP contribution < -0.4 is 16.4 Å². The lowest BCUT2D eigenvalue weighted by Crippen LogP contribution is -2.31. The topological polar surface area (TPSA) is 128 Å². The van der Waals surface area contributed by atoms with Gasteiger partial charge in [0.05, 0.1) is 18.0 Å². The van der Waals surface area contributed by atoms with Crippen LogP contribution in [0.3, 0.4) is 0 Å². The van der Waals surface area contributed by atoms with Crippen molar-refractivity contribution in [2.45, 2.75) is 12.5 Å². The van der Waals surface area contributed by atoms with Crippen LogP contribution in [-0.4, -0.2) is 30.3 Å². The molecule has 9 heteroatoms. The van der Waals surface area contributed by atoms with Gasteiger partial charge in [-0.3, -0.25) is 19.2 Å². The lowest BCUT2D eigenvalue weighted by molar-refractivity contribution is -0.147. The molecule has 1 heterocycles. The maximum atomic E-state index is 12.6. The zero-order chi connectivity index (χ0) is 22.9. The van der Waals surface area contributed by atoms with E-state index in [0.29, 0.717) is 5.56 Å². The van der Waals surface area contributed by atoms with Gasteiger partial charge in [-0.25, -0.2) is 0 Å². The highest BCUT2D eigenvalue weighted by Gasteiger charge is 2.21. The maximum Gasteiger partial charge on any atom is 0.308 e. The molecule has 164 valence electrons. The number of nitrogens with one attached hydrogen (secondary N) is 2. The number of nitrogens with two attached hydrogens (primary N) is 1. The number of benzene rings is 2. The maximum absolute atomic E-state index is 12.6. The Kier molecular flexibility index (Phi) is 7.71. The van der Waals surface area contributed by atoms with Crippen LogP contribution in [0.15, 0.2) is 72.1 Å². The van der Waals surface area contributed by atoms with Crippen LogP contribution in [0.5, 0.6) is 0 Å². The summed E-state index contributed by atoms with van der Waals surface area (Å²) in [7, 11) is 0. The van der Waals surface area contributed by atoms with Crippen molar-refractivity contribution in [1.29, 1.82) is 0 Å². The number of carbonyl (C=O) groups is 4. The van der Waals surface area contributed by atoms with Crippen molar-refractivity contribution in [2.24, 2.45) is 5.73 Å². The predicted octanol–water partition coefficient (Wildman–Crippen LogP) is 2.89. The second-order valence-electron chi connectivity index (χ2n) is 6.74. The Balaban J connectivity index is 1.60. The fourth-order valence-electron chi connectivity index (χ4n) is 2.90. The van der Waals surface area contributed by atoms with Gasteiger partial charge in [-0.2, -0.15) is 0 Å². The first-order chi connectivity index (χ1) is 15.4. The van der Waals surface area contributed by atoms with Gasteiger partial charge in [-0.15, -0.1) is 11.3 Å². The molecular weight excluding hydrogens is 430 g/mol. The average molecular weight is 452 g/mol. The van der Waals surface area contributed by atoms with E-state index in [9.17, 15) is 19.2 Å². The lowest BCUT2D eigenvalue weighted by Gasteiger charge is -2.18. The van der Waals surface area contributed by atoms with Crippen molar-refractivity contribution in [3.63, 3.8) is 0 Å². The average Bonchev–Trinajstić information content (AvgIpc) is 3.27. The molecule has 0 fully saturated rings. The largest absolute Gasteiger partial charge is 0.455 e. The normalized spacial score (nSPS) is 11.2. The van der Waals surface area contributed by atoms with Gasteiger partial charge >= 0.3 is 5.97 Å². The predicted molar refractivity (Wildman–Crippen MR) is 120 cm³/mol. The molecular formula is C23H21N3O5S. The Bertz CT molecular complexity index is 1100. The van der Waals surface area contributed by atoms with Gasteiger partial charge in [-0.05, 0) is 29.1 Å². The molecule has 0 saturated heterocycles. The van der Waals surface area contributed by atoms with E-state index in [0.717, 1.165) is 16.9 Å². The molecule has 2 aromatic carbocycles. The van der Waals surface area contributed by atoms with Crippen molar-refractivity contribution in [1.82, 2.24) is 5.32 Å². The molecule has 0 aliphatic carbocycles. The molecule has 3 aromatic rings. The molecule has 1 unspecified atom stereocenters. The monoisotopic (exact) mass is 451 g/mol. The van der Waals surface area contributed by atoms with E-state index >= 15 is 0 Å². The van der Waals surface area contributed by atoms with Gasteiger partial charge < -0.3 is 21.1 Å². The molecule has 0 aliphatic heterocycles. The van der Waals surface area contributed by atoms with Gasteiger partial charge in [0.2, 0.25) is 0 Å². The van der Waals surface area contributed by atoms with Crippen LogP contribution in [0, 0.1) is 0 Å². The molecule has 0 aliphatic rings. The first-order valence-corrected chi connectivity index (χ1v) is 10.6. The summed E-state index contributed by atoms with van der Waals surface area (Å²) in [6.07, 6.45) is -0.165. The highest BCUT2D eigenvalue weighted by molar-refractivity contribution is 7.14. The highest BCUT2D eigenvalue weighted by Crippen LogP contribution is 2.22. The van der Waals surface area contributed by atoms with Crippen molar-refractivity contribution >= 4 is 40.0 Å². The van der Waals surface area contributed by atoms with E-state index in [-0.39, 0.29) is 22.9 Å². The summed E-state index contributed by atoms with van der Waals surface area (Å²) < 4.78 is 5.08. The zero-order valence-electron chi connectivity index (χ0n) is 16.9. The molecule has 1 aromatic heterocycles. The Labute approximate surface area is 188 Å². The van der Waals surface area contributed by atoms with Gasteiger partial charge in [0.15, 0.2) is 6.61 Å². The minimum atomic E-state index is -0.668. The van der Waals surface area contributed by atoms with E-state index in [1.54, 1.807) is 60.0 Å². The summed E-state index contributed by atoms with van der Waals surface area (Å²) in [5, 5.41) is 7.23. The Morgan fingerprint density at radius 2 is 1.59 bits per heavy atom. The number of hydrogen-bond acceptors (Lipinski definition) is 6. The summed E-state index contributed by atoms with van der Waals surface area (Å²) in [5.74, 6) is -2.27. The minimum absolute atomic E-state index is 0.165. The molecule has 8 nitrogen and oxygen atoms in total. The van der Waals surface area contributed by atoms with E-state index in [1.165, 1.54) is 6.07 Å². The third kappa shape index (κ3) is 6.26. The summed E-state index contributed by atoms with van der Waals surface area (Å²) in [4.78, 5) is 48.4. The van der Waals surface area contributed by atoms with Crippen LogP contribution in [-0.2, 0) is 14.3 Å². The second-order valence-corrected chi connectivity index (χ2v) is 7.66. The van der Waals surface area contributed by atoms with Crippen molar-refractivity contribution in [2.75, 3.05) is 11.9 Å². The van der Waals surface area contributed by atoms with E-state index in [4.69, 9.17) is 10.5 Å². The number of thiophene rings is 1. The van der Waals surface area contributed by atoms with Crippen LogP contribution in [0.4, 0.5) is 5.00 Å². The van der Waals surface area contributed by atoms with Crippen molar-refractivity contribution in [3.05, 3.63) is 88.8 Å². The summed E-state index contributed by atoms with van der Waals surface area (Å²) >= 11 is 1.13. The Hall–Kier alpha value is -3.98. The summed E-state index contributed by atoms with van der Waals surface area (Å²) in [6, 6.07) is 18.5. The third-order valence-electron chi connectivity index (χ3n) is 4.46. The molecule has 0 saturated carbocycles. The third-order valence-corrected chi connectivity index (χ3v) is 5.29. The number of rotatable bonds is 9. The SMILES string of the molecule is NC(=O)c1ccsc1NC(=O)COC(=O)CC(NC(=O)c1ccccc1)c1ccccc1. The molecule has 32 heavy (non-hydrogen) atoms. The van der Waals surface area contributed by atoms with E-state index in [2.05, 4.69) is 10.6 Å². The molecule has 0 radical (unpaired) electrons. The van der Waals surface area contributed by atoms with Crippen LogP contribution in [0.25, 0.3) is 0 Å². The number of ether oxygens (including phenoxy) is 1. The van der Waals surface area contributed by atoms with Crippen LogP contribution in [0.2, 0.25) is 0 Å².